The Balaban J connectivity index is 0.000000963. The molecule has 2 aliphatic heterocycles. The molecule has 3 heterocycles. The van der Waals surface area contributed by atoms with Gasteiger partial charge in [0.1, 0.15) is 0 Å². The van der Waals surface area contributed by atoms with Gasteiger partial charge in [-0.05, 0) is 31.3 Å². The summed E-state index contributed by atoms with van der Waals surface area (Å²) in [7, 11) is 0. The third-order valence-electron chi connectivity index (χ3n) is 3.71. The second-order valence-corrected chi connectivity index (χ2v) is 5.83. The standard InChI is InChI=1S/C11H17N3S.ClH/c1-3-12-7-11(1)2-4-14(8-11)6-10-5-13-9-15-10;/h5,9,12H,1-4,6-8H2;1H. The van der Waals surface area contributed by atoms with E-state index in [0.29, 0.717) is 5.41 Å². The van der Waals surface area contributed by atoms with Gasteiger partial charge in [-0.3, -0.25) is 9.88 Å². The van der Waals surface area contributed by atoms with E-state index in [4.69, 9.17) is 0 Å². The van der Waals surface area contributed by atoms with Crippen molar-refractivity contribution in [3.63, 3.8) is 0 Å². The molecule has 1 aromatic rings. The van der Waals surface area contributed by atoms with E-state index in [-0.39, 0.29) is 12.4 Å². The lowest BCUT2D eigenvalue weighted by atomic mass is 9.87. The van der Waals surface area contributed by atoms with Crippen LogP contribution in [0.25, 0.3) is 0 Å². The van der Waals surface area contributed by atoms with E-state index >= 15 is 0 Å². The summed E-state index contributed by atoms with van der Waals surface area (Å²) in [4.78, 5) is 8.12. The summed E-state index contributed by atoms with van der Waals surface area (Å²) in [5.74, 6) is 0. The maximum atomic E-state index is 4.13. The molecule has 0 aliphatic carbocycles. The predicted molar refractivity (Wildman–Crippen MR) is 69.2 cm³/mol. The van der Waals surface area contributed by atoms with Crippen molar-refractivity contribution in [2.24, 2.45) is 5.41 Å². The number of nitrogens with zero attached hydrogens (tertiary/aromatic N) is 2. The van der Waals surface area contributed by atoms with Gasteiger partial charge in [0.2, 0.25) is 0 Å². The first-order valence-electron chi connectivity index (χ1n) is 5.67. The van der Waals surface area contributed by atoms with Gasteiger partial charge < -0.3 is 5.32 Å². The van der Waals surface area contributed by atoms with E-state index in [0.717, 1.165) is 6.54 Å². The molecule has 3 rings (SSSR count). The van der Waals surface area contributed by atoms with Gasteiger partial charge in [-0.25, -0.2) is 0 Å². The van der Waals surface area contributed by atoms with Gasteiger partial charge in [-0.1, -0.05) is 0 Å². The number of likely N-dealkylation sites (tertiary alicyclic amines) is 1. The van der Waals surface area contributed by atoms with Gasteiger partial charge in [-0.15, -0.1) is 23.7 Å². The first-order chi connectivity index (χ1) is 7.36. The fourth-order valence-corrected chi connectivity index (χ4v) is 3.48. The topological polar surface area (TPSA) is 28.2 Å². The largest absolute Gasteiger partial charge is 0.316 e. The third-order valence-corrected chi connectivity index (χ3v) is 4.48. The number of halogens is 1. The Kier molecular flexibility index (Phi) is 3.85. The Bertz CT molecular complexity index is 322. The maximum absolute atomic E-state index is 4.13. The van der Waals surface area contributed by atoms with E-state index in [1.165, 1.54) is 43.9 Å². The molecule has 1 N–H and O–H groups in total. The fraction of sp³-hybridized carbons (Fsp3) is 0.727. The van der Waals surface area contributed by atoms with E-state index in [1.807, 2.05) is 11.7 Å². The highest BCUT2D eigenvalue weighted by molar-refractivity contribution is 7.09. The highest BCUT2D eigenvalue weighted by Gasteiger charge is 2.40. The smallest absolute Gasteiger partial charge is 0.0794 e. The second kappa shape index (κ2) is 5.00. The number of hydrogen-bond acceptors (Lipinski definition) is 4. The Hall–Kier alpha value is -0.160. The lowest BCUT2D eigenvalue weighted by molar-refractivity contribution is 0.270. The van der Waals surface area contributed by atoms with Crippen LogP contribution in [-0.4, -0.2) is 36.1 Å². The lowest BCUT2D eigenvalue weighted by Gasteiger charge is -2.22. The van der Waals surface area contributed by atoms with Crippen LogP contribution in [0.3, 0.4) is 0 Å². The summed E-state index contributed by atoms with van der Waals surface area (Å²) in [6, 6.07) is 0. The van der Waals surface area contributed by atoms with Gasteiger partial charge in [0.25, 0.3) is 0 Å². The highest BCUT2D eigenvalue weighted by Crippen LogP contribution is 2.36. The minimum atomic E-state index is 0. The van der Waals surface area contributed by atoms with Crippen molar-refractivity contribution in [2.45, 2.75) is 19.4 Å². The van der Waals surface area contributed by atoms with Crippen LogP contribution >= 0.6 is 23.7 Å². The molecular weight excluding hydrogens is 242 g/mol. The summed E-state index contributed by atoms with van der Waals surface area (Å²) < 4.78 is 0. The van der Waals surface area contributed by atoms with Gasteiger partial charge in [0, 0.05) is 30.7 Å². The maximum Gasteiger partial charge on any atom is 0.0794 e. The van der Waals surface area contributed by atoms with Crippen LogP contribution in [-0.2, 0) is 6.54 Å². The van der Waals surface area contributed by atoms with Crippen molar-refractivity contribution in [1.82, 2.24) is 15.2 Å². The summed E-state index contributed by atoms with van der Waals surface area (Å²) in [6.07, 6.45) is 4.74. The zero-order valence-electron chi connectivity index (χ0n) is 9.32. The van der Waals surface area contributed by atoms with Crippen LogP contribution in [0.5, 0.6) is 0 Å². The van der Waals surface area contributed by atoms with Crippen molar-refractivity contribution in [2.75, 3.05) is 26.2 Å². The first-order valence-corrected chi connectivity index (χ1v) is 6.55. The van der Waals surface area contributed by atoms with Gasteiger partial charge >= 0.3 is 0 Å². The normalized spacial score (nSPS) is 29.8. The Morgan fingerprint density at radius 2 is 2.44 bits per heavy atom. The fourth-order valence-electron chi connectivity index (χ4n) is 2.85. The summed E-state index contributed by atoms with van der Waals surface area (Å²) in [5, 5.41) is 3.50. The Morgan fingerprint density at radius 3 is 3.12 bits per heavy atom. The molecule has 0 bridgehead atoms. The third kappa shape index (κ3) is 2.40. The van der Waals surface area contributed by atoms with Crippen molar-refractivity contribution >= 4 is 23.7 Å². The van der Waals surface area contributed by atoms with E-state index < -0.39 is 0 Å². The van der Waals surface area contributed by atoms with Crippen LogP contribution in [0.1, 0.15) is 17.7 Å². The molecular formula is C11H18ClN3S. The molecule has 0 radical (unpaired) electrons. The minimum Gasteiger partial charge on any atom is -0.316 e. The molecule has 1 unspecified atom stereocenters. The highest BCUT2D eigenvalue weighted by atomic mass is 35.5. The molecule has 2 saturated heterocycles. The van der Waals surface area contributed by atoms with Crippen molar-refractivity contribution < 1.29 is 0 Å². The van der Waals surface area contributed by atoms with Crippen LogP contribution in [0.2, 0.25) is 0 Å². The van der Waals surface area contributed by atoms with E-state index in [2.05, 4.69) is 15.2 Å². The van der Waals surface area contributed by atoms with Crippen LogP contribution in [0, 0.1) is 5.41 Å². The zero-order valence-corrected chi connectivity index (χ0v) is 10.9. The minimum absolute atomic E-state index is 0. The number of nitrogens with one attached hydrogen (secondary N) is 1. The SMILES string of the molecule is Cl.c1ncc(CN2CCC3(CCNC3)C2)s1. The Morgan fingerprint density at radius 1 is 1.50 bits per heavy atom. The quantitative estimate of drug-likeness (QED) is 0.877. The number of thiazole rings is 1. The van der Waals surface area contributed by atoms with Crippen LogP contribution < -0.4 is 5.32 Å². The molecule has 1 spiro atoms. The molecule has 2 fully saturated rings. The van der Waals surface area contributed by atoms with Gasteiger partial charge in [-0.2, -0.15) is 0 Å². The molecule has 5 heteroatoms. The molecule has 90 valence electrons. The molecule has 1 aromatic heterocycles. The second-order valence-electron chi connectivity index (χ2n) is 4.86. The van der Waals surface area contributed by atoms with Crippen molar-refractivity contribution in [3.8, 4) is 0 Å². The molecule has 2 aliphatic rings. The average molecular weight is 260 g/mol. The van der Waals surface area contributed by atoms with Crippen LogP contribution in [0.15, 0.2) is 11.7 Å². The molecule has 0 saturated carbocycles. The molecule has 0 aromatic carbocycles. The monoisotopic (exact) mass is 259 g/mol. The van der Waals surface area contributed by atoms with Crippen LogP contribution in [0.4, 0.5) is 0 Å². The molecule has 3 nitrogen and oxygen atoms in total. The van der Waals surface area contributed by atoms with E-state index in [9.17, 15) is 0 Å². The number of aromatic nitrogens is 1. The summed E-state index contributed by atoms with van der Waals surface area (Å²) >= 11 is 1.77. The number of rotatable bonds is 2. The van der Waals surface area contributed by atoms with E-state index in [1.54, 1.807) is 11.3 Å². The van der Waals surface area contributed by atoms with Gasteiger partial charge in [0.05, 0.1) is 5.51 Å². The number of hydrogen-bond donors (Lipinski definition) is 1. The zero-order chi connectivity index (χ0) is 10.1. The molecule has 1 atom stereocenters. The lowest BCUT2D eigenvalue weighted by Crippen LogP contribution is -2.28. The molecule has 16 heavy (non-hydrogen) atoms. The average Bonchev–Trinajstić information content (AvgIpc) is 2.92. The molecule has 0 amide bonds. The van der Waals surface area contributed by atoms with Crippen molar-refractivity contribution in [3.05, 3.63) is 16.6 Å². The Labute approximate surface area is 107 Å². The summed E-state index contributed by atoms with van der Waals surface area (Å²) in [6.45, 7) is 6.09. The predicted octanol–water partition coefficient (Wildman–Crippen LogP) is 1.75. The summed E-state index contributed by atoms with van der Waals surface area (Å²) in [5.41, 5.74) is 2.53. The first kappa shape index (κ1) is 12.3. The van der Waals surface area contributed by atoms with Crippen molar-refractivity contribution in [1.29, 1.82) is 0 Å². The van der Waals surface area contributed by atoms with Gasteiger partial charge in [0.15, 0.2) is 0 Å².